The number of benzene rings is 2. The zero-order valence-electron chi connectivity index (χ0n) is 13.4. The molecule has 0 aliphatic carbocycles. The van der Waals surface area contributed by atoms with Crippen LogP contribution in [0.4, 0.5) is 0 Å². The standard InChI is InChI=1S/C17H16Cl2IN3OS/c1-2-21-17(25)23-22-9-11-4-6-16(15(20)8-11)24-10-12-3-5-13(18)14(19)7-12/h3-9H,2,10H2,1H3,(H2,21,23,25)/b22-9-. The minimum Gasteiger partial charge on any atom is -0.488 e. The predicted octanol–water partition coefficient (Wildman–Crippen LogP) is 4.99. The predicted molar refractivity (Wildman–Crippen MR) is 117 cm³/mol. The Morgan fingerprint density at radius 1 is 1.24 bits per heavy atom. The Balaban J connectivity index is 1.95. The highest BCUT2D eigenvalue weighted by molar-refractivity contribution is 14.1. The fourth-order valence-electron chi connectivity index (χ4n) is 1.87. The Labute approximate surface area is 176 Å². The van der Waals surface area contributed by atoms with Crippen LogP contribution in [0.1, 0.15) is 18.1 Å². The molecule has 0 atom stereocenters. The van der Waals surface area contributed by atoms with Crippen LogP contribution in [0.5, 0.6) is 5.75 Å². The molecular formula is C17H16Cl2IN3OS. The number of hydrogen-bond acceptors (Lipinski definition) is 3. The Morgan fingerprint density at radius 3 is 2.72 bits per heavy atom. The molecule has 0 radical (unpaired) electrons. The van der Waals surface area contributed by atoms with Crippen molar-refractivity contribution in [2.45, 2.75) is 13.5 Å². The molecule has 4 nitrogen and oxygen atoms in total. The van der Waals surface area contributed by atoms with Crippen molar-refractivity contribution < 1.29 is 4.74 Å². The number of hydrazone groups is 1. The summed E-state index contributed by atoms with van der Waals surface area (Å²) < 4.78 is 6.83. The molecule has 0 bridgehead atoms. The van der Waals surface area contributed by atoms with Gasteiger partial charge < -0.3 is 10.1 Å². The molecule has 0 aliphatic rings. The van der Waals surface area contributed by atoms with Gasteiger partial charge in [-0.3, -0.25) is 5.43 Å². The molecule has 0 fully saturated rings. The molecule has 25 heavy (non-hydrogen) atoms. The molecule has 2 N–H and O–H groups in total. The second-order valence-corrected chi connectivity index (χ2v) is 7.34. The van der Waals surface area contributed by atoms with Crippen molar-refractivity contribution in [1.29, 1.82) is 0 Å². The van der Waals surface area contributed by atoms with E-state index in [4.69, 9.17) is 40.2 Å². The van der Waals surface area contributed by atoms with Crippen LogP contribution in [-0.4, -0.2) is 17.9 Å². The molecule has 0 aliphatic heterocycles. The van der Waals surface area contributed by atoms with Gasteiger partial charge in [0.05, 0.1) is 19.8 Å². The number of nitrogens with zero attached hydrogens (tertiary/aromatic N) is 1. The molecule has 0 aromatic heterocycles. The molecule has 0 spiro atoms. The third-order valence-corrected chi connectivity index (χ3v) is 4.87. The highest BCUT2D eigenvalue weighted by Crippen LogP contribution is 2.25. The summed E-state index contributed by atoms with van der Waals surface area (Å²) in [7, 11) is 0. The van der Waals surface area contributed by atoms with E-state index < -0.39 is 0 Å². The average Bonchev–Trinajstić information content (AvgIpc) is 2.57. The quantitative estimate of drug-likeness (QED) is 0.250. The van der Waals surface area contributed by atoms with Crippen LogP contribution in [-0.2, 0) is 6.61 Å². The molecule has 2 aromatic carbocycles. The first-order valence-corrected chi connectivity index (χ1v) is 9.67. The maximum Gasteiger partial charge on any atom is 0.186 e. The van der Waals surface area contributed by atoms with Gasteiger partial charge in [-0.2, -0.15) is 5.10 Å². The van der Waals surface area contributed by atoms with Gasteiger partial charge in [-0.1, -0.05) is 29.3 Å². The van der Waals surface area contributed by atoms with E-state index in [2.05, 4.69) is 38.4 Å². The van der Waals surface area contributed by atoms with Gasteiger partial charge in [0.15, 0.2) is 5.11 Å². The van der Waals surface area contributed by atoms with Crippen LogP contribution in [0, 0.1) is 3.57 Å². The summed E-state index contributed by atoms with van der Waals surface area (Å²) in [6, 6.07) is 11.3. The number of ether oxygens (including phenoxy) is 1. The number of nitrogens with one attached hydrogen (secondary N) is 2. The van der Waals surface area contributed by atoms with Crippen molar-refractivity contribution in [3.8, 4) is 5.75 Å². The average molecular weight is 508 g/mol. The van der Waals surface area contributed by atoms with Crippen LogP contribution < -0.4 is 15.5 Å². The van der Waals surface area contributed by atoms with Gasteiger partial charge in [-0.05, 0) is 83.2 Å². The van der Waals surface area contributed by atoms with E-state index in [1.807, 2.05) is 31.2 Å². The summed E-state index contributed by atoms with van der Waals surface area (Å²) in [4.78, 5) is 0. The third kappa shape index (κ3) is 6.62. The highest BCUT2D eigenvalue weighted by Gasteiger charge is 2.04. The summed E-state index contributed by atoms with van der Waals surface area (Å²) >= 11 is 19.2. The summed E-state index contributed by atoms with van der Waals surface area (Å²) in [5.41, 5.74) is 4.65. The first kappa shape index (κ1) is 20.2. The first-order valence-electron chi connectivity index (χ1n) is 7.42. The lowest BCUT2D eigenvalue weighted by atomic mass is 10.2. The zero-order valence-corrected chi connectivity index (χ0v) is 17.8. The van der Waals surface area contributed by atoms with Gasteiger partial charge in [0.2, 0.25) is 0 Å². The summed E-state index contributed by atoms with van der Waals surface area (Å²) in [5.74, 6) is 0.792. The first-order chi connectivity index (χ1) is 12.0. The van der Waals surface area contributed by atoms with Gasteiger partial charge in [0, 0.05) is 6.54 Å². The van der Waals surface area contributed by atoms with Gasteiger partial charge in [0.25, 0.3) is 0 Å². The monoisotopic (exact) mass is 507 g/mol. The Hall–Kier alpha value is -1.09. The number of hydrogen-bond donors (Lipinski definition) is 2. The third-order valence-electron chi connectivity index (χ3n) is 3.05. The maximum atomic E-state index is 6.02. The van der Waals surface area contributed by atoms with E-state index in [0.29, 0.717) is 21.8 Å². The molecule has 0 heterocycles. The molecule has 0 amide bonds. The van der Waals surface area contributed by atoms with Gasteiger partial charge >= 0.3 is 0 Å². The SMILES string of the molecule is CCNC(=S)N/N=C\c1ccc(OCc2ccc(Cl)c(Cl)c2)c(I)c1. The fraction of sp³-hybridized carbons (Fsp3) is 0.176. The molecule has 0 saturated carbocycles. The summed E-state index contributed by atoms with van der Waals surface area (Å²) in [6.45, 7) is 3.14. The minimum atomic E-state index is 0.416. The molecule has 2 rings (SSSR count). The van der Waals surface area contributed by atoms with Crippen molar-refractivity contribution in [1.82, 2.24) is 10.7 Å². The highest BCUT2D eigenvalue weighted by atomic mass is 127. The lowest BCUT2D eigenvalue weighted by molar-refractivity contribution is 0.304. The van der Waals surface area contributed by atoms with E-state index in [9.17, 15) is 0 Å². The number of thiocarbonyl (C=S) groups is 1. The van der Waals surface area contributed by atoms with Crippen LogP contribution in [0.15, 0.2) is 41.5 Å². The fourth-order valence-corrected chi connectivity index (χ4v) is 3.08. The van der Waals surface area contributed by atoms with E-state index in [1.165, 1.54) is 0 Å². The van der Waals surface area contributed by atoms with Crippen molar-refractivity contribution in [3.05, 3.63) is 61.1 Å². The van der Waals surface area contributed by atoms with Gasteiger partial charge in [0.1, 0.15) is 12.4 Å². The Bertz CT molecular complexity index is 786. The molecule has 132 valence electrons. The van der Waals surface area contributed by atoms with Crippen molar-refractivity contribution in [2.24, 2.45) is 5.10 Å². The van der Waals surface area contributed by atoms with Crippen LogP contribution in [0.25, 0.3) is 0 Å². The van der Waals surface area contributed by atoms with E-state index >= 15 is 0 Å². The Morgan fingerprint density at radius 2 is 2.04 bits per heavy atom. The van der Waals surface area contributed by atoms with E-state index in [1.54, 1.807) is 18.3 Å². The topological polar surface area (TPSA) is 45.7 Å². The molecule has 0 saturated heterocycles. The zero-order chi connectivity index (χ0) is 18.2. The van der Waals surface area contributed by atoms with Crippen molar-refractivity contribution in [2.75, 3.05) is 6.54 Å². The second-order valence-electron chi connectivity index (χ2n) is 4.96. The second kappa shape index (κ2) is 10.2. The van der Waals surface area contributed by atoms with Crippen molar-refractivity contribution >= 4 is 69.3 Å². The summed E-state index contributed by atoms with van der Waals surface area (Å²) in [5, 5.41) is 8.60. The maximum absolute atomic E-state index is 6.02. The van der Waals surface area contributed by atoms with Crippen molar-refractivity contribution in [3.63, 3.8) is 0 Å². The number of rotatable bonds is 6. The lowest BCUT2D eigenvalue weighted by Gasteiger charge is -2.09. The van der Waals surface area contributed by atoms with Crippen LogP contribution in [0.3, 0.4) is 0 Å². The van der Waals surface area contributed by atoms with Gasteiger partial charge in [-0.25, -0.2) is 0 Å². The van der Waals surface area contributed by atoms with E-state index in [0.717, 1.165) is 27.0 Å². The lowest BCUT2D eigenvalue weighted by Crippen LogP contribution is -2.31. The Kier molecular flexibility index (Phi) is 8.21. The minimum absolute atomic E-state index is 0.416. The molecular weight excluding hydrogens is 492 g/mol. The smallest absolute Gasteiger partial charge is 0.186 e. The van der Waals surface area contributed by atoms with Crippen LogP contribution >= 0.6 is 58.0 Å². The number of halogens is 3. The summed E-state index contributed by atoms with van der Waals surface area (Å²) in [6.07, 6.45) is 1.70. The molecule has 0 unspecified atom stereocenters. The van der Waals surface area contributed by atoms with E-state index in [-0.39, 0.29) is 0 Å². The molecule has 2 aromatic rings. The largest absolute Gasteiger partial charge is 0.488 e. The molecule has 8 heteroatoms. The normalized spacial score (nSPS) is 10.7. The van der Waals surface area contributed by atoms with Crippen LogP contribution in [0.2, 0.25) is 10.0 Å². The van der Waals surface area contributed by atoms with Gasteiger partial charge in [-0.15, -0.1) is 0 Å².